The van der Waals surface area contributed by atoms with E-state index in [0.29, 0.717) is 38.8 Å². The number of nitrogens with two attached hydrogens (primary N) is 1. The molecule has 7 heteroatoms. The van der Waals surface area contributed by atoms with Crippen LogP contribution in [0.25, 0.3) is 0 Å². The number of aliphatic imine (C=N–C) groups is 1. The molecule has 0 aromatic heterocycles. The lowest BCUT2D eigenvalue weighted by Crippen LogP contribution is -2.45. The van der Waals surface area contributed by atoms with Gasteiger partial charge in [0.15, 0.2) is 5.96 Å². The Labute approximate surface area is 158 Å². The number of benzene rings is 1. The molecule has 0 spiro atoms. The first kappa shape index (κ1) is 19.4. The predicted octanol–water partition coefficient (Wildman–Crippen LogP) is 3.04. The average molecular weight is 451 g/mol. The van der Waals surface area contributed by atoms with Crippen LogP contribution in [-0.2, 0) is 10.2 Å². The highest BCUT2D eigenvalue weighted by molar-refractivity contribution is 14.0. The van der Waals surface area contributed by atoms with Gasteiger partial charge < -0.3 is 15.4 Å². The van der Waals surface area contributed by atoms with Gasteiger partial charge in [-0.2, -0.15) is 0 Å². The molecule has 1 aromatic carbocycles. The van der Waals surface area contributed by atoms with Crippen LogP contribution in [0.1, 0.15) is 31.2 Å². The van der Waals surface area contributed by atoms with Crippen molar-refractivity contribution in [3.63, 3.8) is 0 Å². The van der Waals surface area contributed by atoms with E-state index in [2.05, 4.69) is 4.99 Å². The highest BCUT2D eigenvalue weighted by atomic mass is 127. The Kier molecular flexibility index (Phi) is 6.79. The SMILES string of the molecule is I.NC(=NCC1(c2c(F)cccc2F)CCCC1)N1CCOCC1. The van der Waals surface area contributed by atoms with E-state index in [1.165, 1.54) is 18.2 Å². The fourth-order valence-electron chi connectivity index (χ4n) is 3.67. The van der Waals surface area contributed by atoms with Crippen molar-refractivity contribution in [1.82, 2.24) is 4.90 Å². The molecule has 2 aliphatic rings. The first-order valence-corrected chi connectivity index (χ1v) is 8.19. The molecule has 1 saturated carbocycles. The number of nitrogens with zero attached hydrogens (tertiary/aromatic N) is 2. The van der Waals surface area contributed by atoms with Crippen molar-refractivity contribution in [2.45, 2.75) is 31.1 Å². The van der Waals surface area contributed by atoms with Crippen LogP contribution in [-0.4, -0.2) is 43.7 Å². The molecule has 0 amide bonds. The van der Waals surface area contributed by atoms with E-state index in [9.17, 15) is 8.78 Å². The van der Waals surface area contributed by atoms with Crippen LogP contribution in [0.4, 0.5) is 8.78 Å². The third-order valence-electron chi connectivity index (χ3n) is 4.93. The van der Waals surface area contributed by atoms with Gasteiger partial charge in [0, 0.05) is 24.1 Å². The van der Waals surface area contributed by atoms with Gasteiger partial charge in [-0.15, -0.1) is 24.0 Å². The number of ether oxygens (including phenoxy) is 1. The molecule has 0 radical (unpaired) electrons. The second-order valence-electron chi connectivity index (χ2n) is 6.36. The maximum Gasteiger partial charge on any atom is 0.191 e. The van der Waals surface area contributed by atoms with Gasteiger partial charge in [0.2, 0.25) is 0 Å². The molecule has 1 heterocycles. The molecule has 134 valence electrons. The van der Waals surface area contributed by atoms with Crippen LogP contribution >= 0.6 is 24.0 Å². The summed E-state index contributed by atoms with van der Waals surface area (Å²) < 4.78 is 33.9. The van der Waals surface area contributed by atoms with Crippen LogP contribution in [0, 0.1) is 11.6 Å². The van der Waals surface area contributed by atoms with Gasteiger partial charge in [-0.25, -0.2) is 8.78 Å². The molecule has 2 N–H and O–H groups in total. The Hall–Kier alpha value is -0.960. The average Bonchev–Trinajstić information content (AvgIpc) is 3.03. The predicted molar refractivity (Wildman–Crippen MR) is 101 cm³/mol. The van der Waals surface area contributed by atoms with E-state index in [1.807, 2.05) is 4.90 Å². The van der Waals surface area contributed by atoms with Crippen molar-refractivity contribution in [2.24, 2.45) is 10.7 Å². The van der Waals surface area contributed by atoms with Crippen molar-refractivity contribution in [2.75, 3.05) is 32.8 Å². The van der Waals surface area contributed by atoms with Crippen molar-refractivity contribution < 1.29 is 13.5 Å². The number of halogens is 3. The maximum absolute atomic E-state index is 14.3. The maximum atomic E-state index is 14.3. The zero-order valence-corrected chi connectivity index (χ0v) is 16.0. The Morgan fingerprint density at radius 2 is 1.75 bits per heavy atom. The molecular formula is C17H24F2IN3O. The van der Waals surface area contributed by atoms with E-state index in [-0.39, 0.29) is 29.5 Å². The summed E-state index contributed by atoms with van der Waals surface area (Å²) in [5, 5.41) is 0. The molecule has 1 aliphatic heterocycles. The summed E-state index contributed by atoms with van der Waals surface area (Å²) in [7, 11) is 0. The second kappa shape index (κ2) is 8.42. The number of morpholine rings is 1. The lowest BCUT2D eigenvalue weighted by molar-refractivity contribution is 0.0673. The molecule has 2 fully saturated rings. The van der Waals surface area contributed by atoms with Gasteiger partial charge in [0.05, 0.1) is 19.8 Å². The van der Waals surface area contributed by atoms with E-state index >= 15 is 0 Å². The topological polar surface area (TPSA) is 50.8 Å². The molecule has 0 atom stereocenters. The first-order chi connectivity index (χ1) is 11.1. The summed E-state index contributed by atoms with van der Waals surface area (Å²) in [6, 6.07) is 4.06. The third-order valence-corrected chi connectivity index (χ3v) is 4.93. The van der Waals surface area contributed by atoms with Gasteiger partial charge in [-0.3, -0.25) is 4.99 Å². The van der Waals surface area contributed by atoms with Gasteiger partial charge in [0.25, 0.3) is 0 Å². The first-order valence-electron chi connectivity index (χ1n) is 8.19. The van der Waals surface area contributed by atoms with Crippen LogP contribution in [0.3, 0.4) is 0 Å². The van der Waals surface area contributed by atoms with E-state index < -0.39 is 17.0 Å². The van der Waals surface area contributed by atoms with Crippen molar-refractivity contribution in [1.29, 1.82) is 0 Å². The van der Waals surface area contributed by atoms with Gasteiger partial charge in [-0.05, 0) is 25.0 Å². The molecule has 4 nitrogen and oxygen atoms in total. The summed E-state index contributed by atoms with van der Waals surface area (Å²) in [5.74, 6) is -0.518. The molecule has 0 unspecified atom stereocenters. The molecule has 1 aromatic rings. The Morgan fingerprint density at radius 1 is 1.17 bits per heavy atom. The standard InChI is InChI=1S/C17H23F2N3O.HI/c18-13-4-3-5-14(19)15(13)17(6-1-2-7-17)12-21-16(20)22-8-10-23-11-9-22;/h3-5H,1-2,6-12H2,(H2,20,21);1H. The summed E-state index contributed by atoms with van der Waals surface area (Å²) in [4.78, 5) is 6.45. The van der Waals surface area contributed by atoms with Crippen LogP contribution in [0.15, 0.2) is 23.2 Å². The zero-order valence-electron chi connectivity index (χ0n) is 13.6. The number of guanidine groups is 1. The molecule has 3 rings (SSSR count). The van der Waals surface area contributed by atoms with Crippen molar-refractivity contribution >= 4 is 29.9 Å². The van der Waals surface area contributed by atoms with Crippen molar-refractivity contribution in [3.05, 3.63) is 35.4 Å². The Bertz CT molecular complexity index is 565. The quantitative estimate of drug-likeness (QED) is 0.437. The third kappa shape index (κ3) is 3.99. The lowest BCUT2D eigenvalue weighted by Gasteiger charge is -2.31. The zero-order chi connectivity index (χ0) is 16.3. The molecule has 1 saturated heterocycles. The molecule has 24 heavy (non-hydrogen) atoms. The van der Waals surface area contributed by atoms with Gasteiger partial charge in [-0.1, -0.05) is 18.9 Å². The Morgan fingerprint density at radius 3 is 2.33 bits per heavy atom. The number of hydrogen-bond donors (Lipinski definition) is 1. The monoisotopic (exact) mass is 451 g/mol. The van der Waals surface area contributed by atoms with E-state index in [1.54, 1.807) is 0 Å². The fraction of sp³-hybridized carbons (Fsp3) is 0.588. The highest BCUT2D eigenvalue weighted by Gasteiger charge is 2.40. The largest absolute Gasteiger partial charge is 0.378 e. The van der Waals surface area contributed by atoms with Gasteiger partial charge in [0.1, 0.15) is 11.6 Å². The summed E-state index contributed by atoms with van der Waals surface area (Å²) in [5.41, 5.74) is 5.67. The van der Waals surface area contributed by atoms with E-state index in [0.717, 1.165) is 25.7 Å². The van der Waals surface area contributed by atoms with E-state index in [4.69, 9.17) is 10.5 Å². The summed E-state index contributed by atoms with van der Waals surface area (Å²) >= 11 is 0. The summed E-state index contributed by atoms with van der Waals surface area (Å²) in [6.07, 6.45) is 3.40. The minimum Gasteiger partial charge on any atom is -0.378 e. The molecule has 1 aliphatic carbocycles. The molecular weight excluding hydrogens is 427 g/mol. The smallest absolute Gasteiger partial charge is 0.191 e. The Balaban J connectivity index is 0.00000208. The fourth-order valence-corrected chi connectivity index (χ4v) is 3.67. The second-order valence-corrected chi connectivity index (χ2v) is 6.36. The lowest BCUT2D eigenvalue weighted by atomic mass is 9.78. The molecule has 0 bridgehead atoms. The minimum atomic E-state index is -0.577. The number of hydrogen-bond acceptors (Lipinski definition) is 2. The number of rotatable bonds is 3. The highest BCUT2D eigenvalue weighted by Crippen LogP contribution is 2.43. The van der Waals surface area contributed by atoms with Crippen LogP contribution in [0.5, 0.6) is 0 Å². The van der Waals surface area contributed by atoms with Gasteiger partial charge >= 0.3 is 0 Å². The summed E-state index contributed by atoms with van der Waals surface area (Å²) in [6.45, 7) is 2.99. The van der Waals surface area contributed by atoms with Crippen LogP contribution < -0.4 is 5.73 Å². The minimum absolute atomic E-state index is 0. The van der Waals surface area contributed by atoms with Crippen molar-refractivity contribution in [3.8, 4) is 0 Å². The van der Waals surface area contributed by atoms with Crippen LogP contribution in [0.2, 0.25) is 0 Å². The normalized spacial score (nSPS) is 20.8.